The van der Waals surface area contributed by atoms with E-state index < -0.39 is 23.9 Å². The summed E-state index contributed by atoms with van der Waals surface area (Å²) in [6, 6.07) is 4.85. The molecule has 0 saturated heterocycles. The first-order valence-electron chi connectivity index (χ1n) is 7.63. The van der Waals surface area contributed by atoms with Gasteiger partial charge in [0.2, 0.25) is 0 Å². The lowest BCUT2D eigenvalue weighted by atomic mass is 9.89. The van der Waals surface area contributed by atoms with Crippen molar-refractivity contribution in [2.45, 2.75) is 39.6 Å². The van der Waals surface area contributed by atoms with E-state index >= 15 is 0 Å². The highest BCUT2D eigenvalue weighted by Gasteiger charge is 2.30. The molecular formula is C17H20F3N3O2. The molecule has 0 radical (unpaired) electrons. The zero-order valence-corrected chi connectivity index (χ0v) is 14.2. The number of amides is 1. The number of primary amides is 1. The second kappa shape index (κ2) is 6.78. The Bertz CT molecular complexity index is 731. The van der Waals surface area contributed by atoms with Gasteiger partial charge in [-0.3, -0.25) is 4.68 Å². The molecule has 8 heteroatoms. The van der Waals surface area contributed by atoms with Crippen molar-refractivity contribution in [1.29, 1.82) is 0 Å². The monoisotopic (exact) mass is 355 g/mol. The molecule has 25 heavy (non-hydrogen) atoms. The Balaban J connectivity index is 2.17. The highest BCUT2D eigenvalue weighted by atomic mass is 19.4. The number of benzene rings is 1. The average Bonchev–Trinajstić information content (AvgIpc) is 2.93. The average molecular weight is 355 g/mol. The Morgan fingerprint density at radius 3 is 2.28 bits per heavy atom. The smallest absolute Gasteiger partial charge is 0.416 e. The predicted molar refractivity (Wildman–Crippen MR) is 86.6 cm³/mol. The lowest BCUT2D eigenvalue weighted by molar-refractivity contribution is -0.137. The van der Waals surface area contributed by atoms with E-state index in [0.29, 0.717) is 11.1 Å². The van der Waals surface area contributed by atoms with E-state index in [-0.39, 0.29) is 12.0 Å². The molecule has 1 aromatic heterocycles. The highest BCUT2D eigenvalue weighted by molar-refractivity contribution is 5.65. The first kappa shape index (κ1) is 18.8. The van der Waals surface area contributed by atoms with E-state index in [2.05, 4.69) is 5.10 Å². The van der Waals surface area contributed by atoms with E-state index in [1.165, 1.54) is 12.1 Å². The van der Waals surface area contributed by atoms with Crippen LogP contribution in [-0.2, 0) is 17.5 Å². The number of nitrogens with two attached hydrogens (primary N) is 1. The number of hydrogen-bond donors (Lipinski definition) is 1. The highest BCUT2D eigenvalue weighted by Crippen LogP contribution is 2.31. The van der Waals surface area contributed by atoms with Crippen LogP contribution in [0.4, 0.5) is 18.0 Å². The van der Waals surface area contributed by atoms with Crippen molar-refractivity contribution in [1.82, 2.24) is 9.78 Å². The Hall–Kier alpha value is -2.51. The molecule has 1 unspecified atom stereocenters. The first-order valence-corrected chi connectivity index (χ1v) is 7.63. The molecule has 0 aliphatic carbocycles. The maximum absolute atomic E-state index is 12.6. The Labute approximate surface area is 143 Å². The Kier molecular flexibility index (Phi) is 5.10. The quantitative estimate of drug-likeness (QED) is 0.898. The van der Waals surface area contributed by atoms with Crippen molar-refractivity contribution >= 4 is 6.09 Å². The summed E-state index contributed by atoms with van der Waals surface area (Å²) in [6.45, 7) is 6.00. The minimum atomic E-state index is -4.37. The fraction of sp³-hybridized carbons (Fsp3) is 0.412. The molecule has 136 valence electrons. The predicted octanol–water partition coefficient (Wildman–Crippen LogP) is 4.08. The van der Waals surface area contributed by atoms with Crippen LogP contribution in [0.1, 0.15) is 26.3 Å². The van der Waals surface area contributed by atoms with Gasteiger partial charge >= 0.3 is 12.3 Å². The van der Waals surface area contributed by atoms with Crippen molar-refractivity contribution in [3.05, 3.63) is 42.2 Å². The van der Waals surface area contributed by atoms with Gasteiger partial charge in [0.25, 0.3) is 0 Å². The molecule has 5 nitrogen and oxygen atoms in total. The number of ether oxygens (including phenoxy) is 1. The molecule has 1 heterocycles. The number of nitrogens with zero attached hydrogens (tertiary/aromatic N) is 2. The summed E-state index contributed by atoms with van der Waals surface area (Å²) in [5, 5.41) is 4.19. The topological polar surface area (TPSA) is 70.1 Å². The van der Waals surface area contributed by atoms with Gasteiger partial charge in [-0.1, -0.05) is 32.9 Å². The number of hydrogen-bond acceptors (Lipinski definition) is 3. The largest absolute Gasteiger partial charge is 0.444 e. The van der Waals surface area contributed by atoms with Gasteiger partial charge in [0.1, 0.15) is 6.10 Å². The van der Waals surface area contributed by atoms with Gasteiger partial charge in [-0.2, -0.15) is 18.3 Å². The molecule has 2 rings (SSSR count). The molecule has 0 spiro atoms. The third kappa shape index (κ3) is 4.98. The van der Waals surface area contributed by atoms with Crippen LogP contribution in [0, 0.1) is 5.41 Å². The summed E-state index contributed by atoms with van der Waals surface area (Å²) in [6.07, 6.45) is -2.49. The molecule has 1 amide bonds. The van der Waals surface area contributed by atoms with Gasteiger partial charge in [-0.25, -0.2) is 4.79 Å². The summed E-state index contributed by atoms with van der Waals surface area (Å²) in [5.41, 5.74) is 5.33. The molecule has 1 aromatic carbocycles. The molecular weight excluding hydrogens is 335 g/mol. The van der Waals surface area contributed by atoms with Crippen LogP contribution in [0.5, 0.6) is 0 Å². The third-order valence-electron chi connectivity index (χ3n) is 3.76. The van der Waals surface area contributed by atoms with E-state index in [0.717, 1.165) is 12.1 Å². The van der Waals surface area contributed by atoms with Crippen molar-refractivity contribution in [3.8, 4) is 11.1 Å². The number of aromatic nitrogens is 2. The van der Waals surface area contributed by atoms with Gasteiger partial charge in [-0.05, 0) is 17.7 Å². The molecule has 0 aliphatic rings. The van der Waals surface area contributed by atoms with Crippen LogP contribution >= 0.6 is 0 Å². The summed E-state index contributed by atoms with van der Waals surface area (Å²) in [7, 11) is 0. The van der Waals surface area contributed by atoms with Crippen LogP contribution in [0.25, 0.3) is 11.1 Å². The number of halogens is 3. The molecule has 2 N–H and O–H groups in total. The number of carbonyl (C=O) groups is 1. The van der Waals surface area contributed by atoms with Gasteiger partial charge in [0.05, 0.1) is 18.3 Å². The lowest BCUT2D eigenvalue weighted by Gasteiger charge is -2.29. The summed E-state index contributed by atoms with van der Waals surface area (Å²) in [4.78, 5) is 11.1. The van der Waals surface area contributed by atoms with Crippen molar-refractivity contribution in [2.24, 2.45) is 11.1 Å². The second-order valence-corrected chi connectivity index (χ2v) is 6.82. The Morgan fingerprint density at radius 2 is 1.80 bits per heavy atom. The first-order chi connectivity index (χ1) is 11.5. The fourth-order valence-corrected chi connectivity index (χ4v) is 2.26. The molecule has 0 bridgehead atoms. The molecule has 1 atom stereocenters. The molecule has 0 fully saturated rings. The van der Waals surface area contributed by atoms with Gasteiger partial charge in [-0.15, -0.1) is 0 Å². The maximum atomic E-state index is 12.6. The van der Waals surface area contributed by atoms with Gasteiger partial charge < -0.3 is 10.5 Å². The zero-order chi connectivity index (χ0) is 18.8. The van der Waals surface area contributed by atoms with Gasteiger partial charge in [0, 0.05) is 17.2 Å². The summed E-state index contributed by atoms with van der Waals surface area (Å²) >= 11 is 0. The number of alkyl halides is 3. The van der Waals surface area contributed by atoms with Crippen LogP contribution < -0.4 is 5.73 Å². The standard InChI is InChI=1S/C17H20F3N3O2/c1-16(2,3)14(25-15(21)24)10-23-9-12(8-22-23)11-4-6-13(7-5-11)17(18,19)20/h4-9,14H,10H2,1-3H3,(H2,21,24). The minimum Gasteiger partial charge on any atom is -0.444 e. The minimum absolute atomic E-state index is 0.285. The fourth-order valence-electron chi connectivity index (χ4n) is 2.26. The van der Waals surface area contributed by atoms with Gasteiger partial charge in [0.15, 0.2) is 0 Å². The second-order valence-electron chi connectivity index (χ2n) is 6.82. The third-order valence-corrected chi connectivity index (χ3v) is 3.76. The normalized spacial score (nSPS) is 13.5. The SMILES string of the molecule is CC(C)(C)C(Cn1cc(-c2ccc(C(F)(F)F)cc2)cn1)OC(N)=O. The number of rotatable bonds is 4. The van der Waals surface area contributed by atoms with Crippen LogP contribution in [0.2, 0.25) is 0 Å². The van der Waals surface area contributed by atoms with Crippen LogP contribution in [0.3, 0.4) is 0 Å². The van der Waals surface area contributed by atoms with Crippen LogP contribution in [0.15, 0.2) is 36.7 Å². The zero-order valence-electron chi connectivity index (χ0n) is 14.2. The molecule has 0 aliphatic heterocycles. The van der Waals surface area contributed by atoms with Crippen molar-refractivity contribution < 1.29 is 22.7 Å². The lowest BCUT2D eigenvalue weighted by Crippen LogP contribution is -2.37. The Morgan fingerprint density at radius 1 is 1.20 bits per heavy atom. The van der Waals surface area contributed by atoms with E-state index in [1.54, 1.807) is 17.1 Å². The number of carbonyl (C=O) groups excluding carboxylic acids is 1. The van der Waals surface area contributed by atoms with E-state index in [1.807, 2.05) is 20.8 Å². The van der Waals surface area contributed by atoms with E-state index in [4.69, 9.17) is 10.5 Å². The van der Waals surface area contributed by atoms with Crippen molar-refractivity contribution in [2.75, 3.05) is 0 Å². The van der Waals surface area contributed by atoms with Crippen LogP contribution in [-0.4, -0.2) is 22.0 Å². The molecule has 2 aromatic rings. The van der Waals surface area contributed by atoms with E-state index in [9.17, 15) is 18.0 Å². The summed E-state index contributed by atoms with van der Waals surface area (Å²) < 4.78 is 44.6. The van der Waals surface area contributed by atoms with Crippen molar-refractivity contribution in [3.63, 3.8) is 0 Å². The molecule has 0 saturated carbocycles. The maximum Gasteiger partial charge on any atom is 0.416 e. The summed E-state index contributed by atoms with van der Waals surface area (Å²) in [5.74, 6) is 0.